The van der Waals surface area contributed by atoms with Gasteiger partial charge in [0, 0.05) is 6.54 Å². The molecule has 12 heavy (non-hydrogen) atoms. The lowest BCUT2D eigenvalue weighted by Crippen LogP contribution is -2.18. The Hall–Kier alpha value is -0.130. The van der Waals surface area contributed by atoms with E-state index in [-0.39, 0.29) is 0 Å². The quantitative estimate of drug-likeness (QED) is 0.588. The van der Waals surface area contributed by atoms with Gasteiger partial charge < -0.3 is 4.90 Å². The van der Waals surface area contributed by atoms with Crippen LogP contribution in [0.15, 0.2) is 0 Å². The van der Waals surface area contributed by atoms with Crippen molar-refractivity contribution >= 4 is 10.1 Å². The zero-order chi connectivity index (χ0) is 9.19. The second-order valence-electron chi connectivity index (χ2n) is 3.41. The Kier molecular flexibility index (Phi) is 3.09. The normalized spacial score (nSPS) is 26.3. The van der Waals surface area contributed by atoms with Crippen LogP contribution in [0.3, 0.4) is 0 Å². The van der Waals surface area contributed by atoms with Gasteiger partial charge in [0.1, 0.15) is 0 Å². The minimum atomic E-state index is -3.25. The van der Waals surface area contributed by atoms with E-state index in [4.69, 9.17) is 4.18 Å². The van der Waals surface area contributed by atoms with Gasteiger partial charge in [0.25, 0.3) is 10.1 Å². The molecule has 1 aliphatic heterocycles. The van der Waals surface area contributed by atoms with Gasteiger partial charge in [0.2, 0.25) is 0 Å². The Labute approximate surface area is 73.6 Å². The molecule has 0 N–H and O–H groups in total. The lowest BCUT2D eigenvalue weighted by molar-refractivity contribution is 0.256. The summed E-state index contributed by atoms with van der Waals surface area (Å²) < 4.78 is 26.0. The molecule has 1 atom stereocenters. The standard InChI is InChI=1S/C7H15NO3S/c1-8-4-3-7(5-8)6-11-12(2,9)10/h7H,3-6H2,1-2H3/t7-/m0/s1. The van der Waals surface area contributed by atoms with Crippen LogP contribution in [0.1, 0.15) is 6.42 Å². The summed E-state index contributed by atoms with van der Waals surface area (Å²) in [6.07, 6.45) is 2.12. The first-order valence-electron chi connectivity index (χ1n) is 4.00. The van der Waals surface area contributed by atoms with Crippen LogP contribution >= 0.6 is 0 Å². The zero-order valence-corrected chi connectivity index (χ0v) is 8.30. The maximum absolute atomic E-state index is 10.6. The van der Waals surface area contributed by atoms with Crippen molar-refractivity contribution in [3.8, 4) is 0 Å². The van der Waals surface area contributed by atoms with E-state index in [1.54, 1.807) is 0 Å². The molecule has 1 heterocycles. The zero-order valence-electron chi connectivity index (χ0n) is 7.49. The van der Waals surface area contributed by atoms with Crippen LogP contribution in [-0.4, -0.2) is 46.3 Å². The van der Waals surface area contributed by atoms with Gasteiger partial charge in [-0.3, -0.25) is 4.18 Å². The van der Waals surface area contributed by atoms with E-state index < -0.39 is 10.1 Å². The molecule has 72 valence electrons. The maximum atomic E-state index is 10.6. The van der Waals surface area contributed by atoms with Gasteiger partial charge in [-0.05, 0) is 25.9 Å². The predicted octanol–water partition coefficient (Wildman–Crippen LogP) is -0.0857. The van der Waals surface area contributed by atoms with E-state index in [0.29, 0.717) is 12.5 Å². The summed E-state index contributed by atoms with van der Waals surface area (Å²) in [7, 11) is -1.22. The van der Waals surface area contributed by atoms with Crippen LogP contribution in [0.4, 0.5) is 0 Å². The molecule has 1 saturated heterocycles. The van der Waals surface area contributed by atoms with Crippen LogP contribution in [0.2, 0.25) is 0 Å². The minimum absolute atomic E-state index is 0.336. The highest BCUT2D eigenvalue weighted by Gasteiger charge is 2.20. The number of likely N-dealkylation sites (tertiary alicyclic amines) is 1. The number of hydrogen-bond donors (Lipinski definition) is 0. The van der Waals surface area contributed by atoms with E-state index in [1.807, 2.05) is 7.05 Å². The molecule has 4 nitrogen and oxygen atoms in total. The number of hydrogen-bond acceptors (Lipinski definition) is 4. The molecular weight excluding hydrogens is 178 g/mol. The van der Waals surface area contributed by atoms with Crippen LogP contribution in [0.5, 0.6) is 0 Å². The summed E-state index contributed by atoms with van der Waals surface area (Å²) >= 11 is 0. The average Bonchev–Trinajstić information content (AvgIpc) is 2.30. The monoisotopic (exact) mass is 193 g/mol. The Balaban J connectivity index is 2.25. The predicted molar refractivity (Wildman–Crippen MR) is 46.4 cm³/mol. The summed E-state index contributed by atoms with van der Waals surface area (Å²) in [5.41, 5.74) is 0. The molecule has 0 aromatic rings. The fourth-order valence-electron chi connectivity index (χ4n) is 1.38. The SMILES string of the molecule is CN1CC[C@H](COS(C)(=O)=O)C1. The molecule has 0 aliphatic carbocycles. The molecule has 0 unspecified atom stereocenters. The molecule has 0 amide bonds. The smallest absolute Gasteiger partial charge is 0.264 e. The summed E-state index contributed by atoms with van der Waals surface area (Å²) in [5.74, 6) is 0.379. The van der Waals surface area contributed by atoms with Crippen molar-refractivity contribution in [3.05, 3.63) is 0 Å². The van der Waals surface area contributed by atoms with E-state index >= 15 is 0 Å². The third-order valence-electron chi connectivity index (χ3n) is 2.01. The highest BCUT2D eigenvalue weighted by Crippen LogP contribution is 2.14. The Morgan fingerprint density at radius 2 is 2.25 bits per heavy atom. The van der Waals surface area contributed by atoms with Gasteiger partial charge in [-0.25, -0.2) is 0 Å². The van der Waals surface area contributed by atoms with Gasteiger partial charge in [-0.2, -0.15) is 8.42 Å². The van der Waals surface area contributed by atoms with Gasteiger partial charge in [-0.1, -0.05) is 0 Å². The van der Waals surface area contributed by atoms with Gasteiger partial charge in [0.15, 0.2) is 0 Å². The molecule has 0 spiro atoms. The molecule has 0 aromatic heterocycles. The van der Waals surface area contributed by atoms with Crippen molar-refractivity contribution in [2.45, 2.75) is 6.42 Å². The van der Waals surface area contributed by atoms with E-state index in [9.17, 15) is 8.42 Å². The second-order valence-corrected chi connectivity index (χ2v) is 5.05. The third kappa shape index (κ3) is 3.51. The molecule has 5 heteroatoms. The first kappa shape index (κ1) is 9.95. The summed E-state index contributed by atoms with van der Waals surface area (Å²) in [6.45, 7) is 2.32. The third-order valence-corrected chi connectivity index (χ3v) is 2.57. The molecule has 1 fully saturated rings. The lowest BCUT2D eigenvalue weighted by atomic mass is 10.1. The summed E-state index contributed by atoms with van der Waals surface area (Å²) in [5, 5.41) is 0. The minimum Gasteiger partial charge on any atom is -0.306 e. The van der Waals surface area contributed by atoms with Crippen molar-refractivity contribution in [2.75, 3.05) is 33.0 Å². The van der Waals surface area contributed by atoms with E-state index in [1.165, 1.54) is 0 Å². The maximum Gasteiger partial charge on any atom is 0.264 e. The largest absolute Gasteiger partial charge is 0.306 e. The first-order chi connectivity index (χ1) is 5.47. The van der Waals surface area contributed by atoms with Gasteiger partial charge in [-0.15, -0.1) is 0 Å². The molecule has 0 aromatic carbocycles. The summed E-state index contributed by atoms with van der Waals surface area (Å²) in [4.78, 5) is 2.18. The Morgan fingerprint density at radius 1 is 1.58 bits per heavy atom. The van der Waals surface area contributed by atoms with E-state index in [2.05, 4.69) is 4.90 Å². The van der Waals surface area contributed by atoms with Crippen molar-refractivity contribution in [3.63, 3.8) is 0 Å². The molecule has 0 radical (unpaired) electrons. The first-order valence-corrected chi connectivity index (χ1v) is 5.82. The van der Waals surface area contributed by atoms with Crippen LogP contribution in [-0.2, 0) is 14.3 Å². The molecular formula is C7H15NO3S. The fourth-order valence-corrected chi connectivity index (χ4v) is 1.82. The van der Waals surface area contributed by atoms with Crippen molar-refractivity contribution in [1.82, 2.24) is 4.90 Å². The van der Waals surface area contributed by atoms with Gasteiger partial charge in [0.05, 0.1) is 12.9 Å². The van der Waals surface area contributed by atoms with E-state index in [0.717, 1.165) is 25.8 Å². The fraction of sp³-hybridized carbons (Fsp3) is 1.00. The highest BCUT2D eigenvalue weighted by atomic mass is 32.2. The van der Waals surface area contributed by atoms with Crippen molar-refractivity contribution in [2.24, 2.45) is 5.92 Å². The van der Waals surface area contributed by atoms with Gasteiger partial charge >= 0.3 is 0 Å². The lowest BCUT2D eigenvalue weighted by Gasteiger charge is -2.09. The van der Waals surface area contributed by atoms with Crippen LogP contribution < -0.4 is 0 Å². The second kappa shape index (κ2) is 3.72. The molecule has 1 aliphatic rings. The highest BCUT2D eigenvalue weighted by molar-refractivity contribution is 7.85. The van der Waals surface area contributed by atoms with Crippen molar-refractivity contribution < 1.29 is 12.6 Å². The average molecular weight is 193 g/mol. The number of nitrogens with zero attached hydrogens (tertiary/aromatic N) is 1. The van der Waals surface area contributed by atoms with Crippen LogP contribution in [0, 0.1) is 5.92 Å². The Bertz CT molecular complexity index is 237. The topological polar surface area (TPSA) is 46.6 Å². The molecule has 1 rings (SSSR count). The molecule has 0 saturated carbocycles. The van der Waals surface area contributed by atoms with Crippen molar-refractivity contribution in [1.29, 1.82) is 0 Å². The number of rotatable bonds is 3. The van der Waals surface area contributed by atoms with Crippen LogP contribution in [0.25, 0.3) is 0 Å². The summed E-state index contributed by atoms with van der Waals surface area (Å²) in [6, 6.07) is 0. The Morgan fingerprint density at radius 3 is 2.67 bits per heavy atom. The molecule has 0 bridgehead atoms.